The van der Waals surface area contributed by atoms with Crippen LogP contribution in [0.5, 0.6) is 5.75 Å². The van der Waals surface area contributed by atoms with Crippen LogP contribution in [0.2, 0.25) is 0 Å². The zero-order chi connectivity index (χ0) is 17.5. The van der Waals surface area contributed by atoms with Crippen LogP contribution >= 0.6 is 11.3 Å². The molecule has 2 aromatic carbocycles. The molecular formula is C20H18N2O2S. The van der Waals surface area contributed by atoms with Gasteiger partial charge in [0.05, 0.1) is 11.1 Å². The maximum absolute atomic E-state index is 11.8. The van der Waals surface area contributed by atoms with Crippen molar-refractivity contribution in [3.05, 3.63) is 87.6 Å². The molecule has 0 aliphatic rings. The van der Waals surface area contributed by atoms with Gasteiger partial charge >= 0.3 is 0 Å². The Morgan fingerprint density at radius 3 is 2.56 bits per heavy atom. The molecule has 0 aliphatic heterocycles. The summed E-state index contributed by atoms with van der Waals surface area (Å²) >= 11 is 1.38. The molecule has 0 atom stereocenters. The van der Waals surface area contributed by atoms with Crippen LogP contribution in [0, 0.1) is 6.92 Å². The lowest BCUT2D eigenvalue weighted by atomic mass is 10.2. The molecule has 1 amide bonds. The maximum Gasteiger partial charge on any atom is 0.281 e. The van der Waals surface area contributed by atoms with E-state index in [-0.39, 0.29) is 5.91 Å². The molecule has 3 rings (SSSR count). The van der Waals surface area contributed by atoms with E-state index in [9.17, 15) is 4.79 Å². The van der Waals surface area contributed by atoms with E-state index in [1.807, 2.05) is 35.7 Å². The Labute approximate surface area is 150 Å². The third kappa shape index (κ3) is 5.02. The summed E-state index contributed by atoms with van der Waals surface area (Å²) in [5, 5.41) is 5.83. The third-order valence-electron chi connectivity index (χ3n) is 3.53. The van der Waals surface area contributed by atoms with Crippen molar-refractivity contribution >= 4 is 23.5 Å². The van der Waals surface area contributed by atoms with Crippen LogP contribution in [0.15, 0.2) is 71.1 Å². The molecule has 5 heteroatoms. The van der Waals surface area contributed by atoms with Gasteiger partial charge in [-0.25, -0.2) is 5.43 Å². The second-order valence-corrected chi connectivity index (χ2v) is 6.47. The third-order valence-corrected chi connectivity index (χ3v) is 4.40. The molecular weight excluding hydrogens is 332 g/mol. The van der Waals surface area contributed by atoms with E-state index >= 15 is 0 Å². The summed E-state index contributed by atoms with van der Waals surface area (Å²) in [6, 6.07) is 19.4. The number of carbonyl (C=O) groups is 1. The molecule has 0 saturated heterocycles. The molecule has 1 heterocycles. The van der Waals surface area contributed by atoms with Crippen molar-refractivity contribution in [3.8, 4) is 5.75 Å². The Morgan fingerprint density at radius 2 is 1.88 bits per heavy atom. The smallest absolute Gasteiger partial charge is 0.281 e. The highest BCUT2D eigenvalue weighted by atomic mass is 32.1. The van der Waals surface area contributed by atoms with Crippen molar-refractivity contribution in [1.29, 1.82) is 0 Å². The quantitative estimate of drug-likeness (QED) is 0.529. The van der Waals surface area contributed by atoms with Crippen LogP contribution in [-0.2, 0) is 6.61 Å². The van der Waals surface area contributed by atoms with Gasteiger partial charge in [0.2, 0.25) is 0 Å². The predicted octanol–water partition coefficient (Wildman–Crippen LogP) is 4.40. The van der Waals surface area contributed by atoms with Gasteiger partial charge in [0.25, 0.3) is 5.91 Å². The zero-order valence-electron chi connectivity index (χ0n) is 13.8. The summed E-state index contributed by atoms with van der Waals surface area (Å²) in [5.74, 6) is 0.588. The Hall–Kier alpha value is -2.92. The molecule has 126 valence electrons. The van der Waals surface area contributed by atoms with Gasteiger partial charge in [-0.1, -0.05) is 35.9 Å². The van der Waals surface area contributed by atoms with E-state index in [1.165, 1.54) is 16.9 Å². The standard InChI is InChI=1S/C20H18N2O2S/c1-15-4-6-17(7-5-15)14-24-18-10-8-16(9-11-18)13-21-22-20(23)19-3-2-12-25-19/h2-13H,14H2,1H3,(H,22,23)/b21-13-. The zero-order valence-corrected chi connectivity index (χ0v) is 14.6. The first-order valence-corrected chi connectivity index (χ1v) is 8.74. The van der Waals surface area contributed by atoms with E-state index in [2.05, 4.69) is 41.7 Å². The molecule has 0 radical (unpaired) electrons. The van der Waals surface area contributed by atoms with Crippen LogP contribution in [-0.4, -0.2) is 12.1 Å². The molecule has 0 unspecified atom stereocenters. The molecule has 0 bridgehead atoms. The van der Waals surface area contributed by atoms with Crippen LogP contribution in [0.1, 0.15) is 26.4 Å². The molecule has 1 N–H and O–H groups in total. The van der Waals surface area contributed by atoms with Crippen molar-refractivity contribution < 1.29 is 9.53 Å². The van der Waals surface area contributed by atoms with Crippen molar-refractivity contribution in [3.63, 3.8) is 0 Å². The molecule has 0 saturated carbocycles. The first-order valence-electron chi connectivity index (χ1n) is 7.86. The summed E-state index contributed by atoms with van der Waals surface area (Å²) in [5.41, 5.74) is 5.76. The molecule has 0 spiro atoms. The van der Waals surface area contributed by atoms with Crippen LogP contribution in [0.4, 0.5) is 0 Å². The van der Waals surface area contributed by atoms with E-state index in [0.29, 0.717) is 11.5 Å². The van der Waals surface area contributed by atoms with Crippen LogP contribution < -0.4 is 10.2 Å². The van der Waals surface area contributed by atoms with Gasteiger partial charge < -0.3 is 4.74 Å². The van der Waals surface area contributed by atoms with Crippen molar-refractivity contribution in [2.24, 2.45) is 5.10 Å². The fourth-order valence-corrected chi connectivity index (χ4v) is 2.74. The summed E-state index contributed by atoms with van der Waals surface area (Å²) in [7, 11) is 0. The molecule has 0 fully saturated rings. The van der Waals surface area contributed by atoms with E-state index in [4.69, 9.17) is 4.74 Å². The van der Waals surface area contributed by atoms with Crippen molar-refractivity contribution in [1.82, 2.24) is 5.43 Å². The van der Waals surface area contributed by atoms with E-state index < -0.39 is 0 Å². The van der Waals surface area contributed by atoms with E-state index in [0.717, 1.165) is 16.9 Å². The van der Waals surface area contributed by atoms with Crippen molar-refractivity contribution in [2.75, 3.05) is 0 Å². The van der Waals surface area contributed by atoms with Gasteiger partial charge in [-0.05, 0) is 53.8 Å². The Bertz CT molecular complexity index is 838. The highest BCUT2D eigenvalue weighted by molar-refractivity contribution is 7.12. The van der Waals surface area contributed by atoms with Gasteiger partial charge in [0.15, 0.2) is 0 Å². The number of nitrogens with zero attached hydrogens (tertiary/aromatic N) is 1. The predicted molar refractivity (Wildman–Crippen MR) is 101 cm³/mol. The lowest BCUT2D eigenvalue weighted by Gasteiger charge is -2.06. The van der Waals surface area contributed by atoms with Crippen LogP contribution in [0.3, 0.4) is 0 Å². The topological polar surface area (TPSA) is 50.7 Å². The second kappa shape index (κ2) is 8.26. The molecule has 0 aliphatic carbocycles. The number of benzene rings is 2. The van der Waals surface area contributed by atoms with Crippen molar-refractivity contribution in [2.45, 2.75) is 13.5 Å². The number of amides is 1. The second-order valence-electron chi connectivity index (χ2n) is 5.52. The van der Waals surface area contributed by atoms with Crippen LogP contribution in [0.25, 0.3) is 0 Å². The first kappa shape index (κ1) is 16.9. The molecule has 25 heavy (non-hydrogen) atoms. The number of rotatable bonds is 6. The Morgan fingerprint density at radius 1 is 1.12 bits per heavy atom. The first-order chi connectivity index (χ1) is 12.2. The van der Waals surface area contributed by atoms with Gasteiger partial charge in [0, 0.05) is 0 Å². The minimum Gasteiger partial charge on any atom is -0.489 e. The monoisotopic (exact) mass is 350 g/mol. The number of hydrogen-bond donors (Lipinski definition) is 1. The number of hydrogen-bond acceptors (Lipinski definition) is 4. The molecule has 1 aromatic heterocycles. The molecule has 4 nitrogen and oxygen atoms in total. The summed E-state index contributed by atoms with van der Waals surface area (Å²) in [6.07, 6.45) is 1.61. The average molecular weight is 350 g/mol. The van der Waals surface area contributed by atoms with Gasteiger partial charge in [0.1, 0.15) is 12.4 Å². The van der Waals surface area contributed by atoms with Gasteiger partial charge in [-0.2, -0.15) is 5.10 Å². The van der Waals surface area contributed by atoms with E-state index in [1.54, 1.807) is 12.3 Å². The fourth-order valence-electron chi connectivity index (χ4n) is 2.13. The van der Waals surface area contributed by atoms with Gasteiger partial charge in [-0.3, -0.25) is 4.79 Å². The Kier molecular flexibility index (Phi) is 5.59. The summed E-state index contributed by atoms with van der Waals surface area (Å²) in [4.78, 5) is 12.4. The highest BCUT2D eigenvalue weighted by Crippen LogP contribution is 2.14. The summed E-state index contributed by atoms with van der Waals surface area (Å²) < 4.78 is 5.77. The average Bonchev–Trinajstić information content (AvgIpc) is 3.17. The SMILES string of the molecule is Cc1ccc(COc2ccc(/C=N\NC(=O)c3cccs3)cc2)cc1. The normalized spacial score (nSPS) is 10.8. The largest absolute Gasteiger partial charge is 0.489 e. The number of carbonyl (C=O) groups excluding carboxylic acids is 1. The maximum atomic E-state index is 11.8. The number of aryl methyl sites for hydroxylation is 1. The lowest BCUT2D eigenvalue weighted by Crippen LogP contribution is -2.16. The van der Waals surface area contributed by atoms with Gasteiger partial charge in [-0.15, -0.1) is 11.3 Å². The minimum atomic E-state index is -0.204. The molecule has 3 aromatic rings. The summed E-state index contributed by atoms with van der Waals surface area (Å²) in [6.45, 7) is 2.60. The fraction of sp³-hybridized carbons (Fsp3) is 0.100. The number of hydrazone groups is 1. The minimum absolute atomic E-state index is 0.204. The lowest BCUT2D eigenvalue weighted by molar-refractivity contribution is 0.0959. The number of thiophene rings is 1. The number of ether oxygens (including phenoxy) is 1. The number of nitrogens with one attached hydrogen (secondary N) is 1. The Balaban J connectivity index is 1.50. The highest BCUT2D eigenvalue weighted by Gasteiger charge is 2.03.